The van der Waals surface area contributed by atoms with Crippen LogP contribution in [0.25, 0.3) is 0 Å². The molecule has 0 unspecified atom stereocenters. The summed E-state index contributed by atoms with van der Waals surface area (Å²) in [6, 6.07) is 0. The van der Waals surface area contributed by atoms with Crippen LogP contribution in [0.3, 0.4) is 0 Å². The average Bonchev–Trinajstić information content (AvgIpc) is 2.40. The van der Waals surface area contributed by atoms with Crippen molar-refractivity contribution in [2.45, 2.75) is 58.9 Å². The molecule has 2 bridgehead atoms. The molecule has 3 aliphatic rings. The molecule has 0 amide bonds. The maximum atomic E-state index is 2.45. The Labute approximate surface area is 114 Å². The summed E-state index contributed by atoms with van der Waals surface area (Å²) >= 11 is 0. The second-order valence-corrected chi connectivity index (χ2v) is 6.92. The Kier molecular flexibility index (Phi) is 4.08. The molecule has 106 valence electrons. The molecule has 2 nitrogen and oxygen atoms in total. The van der Waals surface area contributed by atoms with Gasteiger partial charge < -0.3 is 8.97 Å². The molecule has 0 saturated carbocycles. The van der Waals surface area contributed by atoms with Crippen LogP contribution in [-0.4, -0.2) is 60.3 Å². The summed E-state index contributed by atoms with van der Waals surface area (Å²) in [7, 11) is 0. The molecule has 3 fully saturated rings. The Bertz CT molecular complexity index is 273. The first-order valence-electron chi connectivity index (χ1n) is 8.33. The Morgan fingerprint density at radius 2 is 1.33 bits per heavy atom. The second kappa shape index (κ2) is 5.13. The van der Waals surface area contributed by atoms with E-state index in [4.69, 9.17) is 0 Å². The summed E-state index contributed by atoms with van der Waals surface area (Å²) in [5.74, 6) is 0. The van der Waals surface area contributed by atoms with Gasteiger partial charge in [0.15, 0.2) is 0 Å². The highest BCUT2D eigenvalue weighted by molar-refractivity contribution is 4.86. The standard InChI is InChI=1S/C16H34N2/c1-5-9-17-11-13-18(10-6-2,14-12-17)16(7-3,8-4)15-17/h5-15H2,1-4H3/q+2. The SMILES string of the molecule is CCC[N+]12CC[N+](CCC)(CC1)C(CC)(CC)C2. The van der Waals surface area contributed by atoms with Crippen molar-refractivity contribution in [3.05, 3.63) is 0 Å². The lowest BCUT2D eigenvalue weighted by Gasteiger charge is -2.65. The van der Waals surface area contributed by atoms with Crippen LogP contribution in [0.2, 0.25) is 0 Å². The van der Waals surface area contributed by atoms with Crippen LogP contribution in [0.15, 0.2) is 0 Å². The van der Waals surface area contributed by atoms with Crippen molar-refractivity contribution in [3.8, 4) is 0 Å². The minimum Gasteiger partial charge on any atom is -0.309 e. The molecule has 0 spiro atoms. The van der Waals surface area contributed by atoms with E-state index < -0.39 is 0 Å². The first-order chi connectivity index (χ1) is 8.61. The molecule has 0 aromatic rings. The quantitative estimate of drug-likeness (QED) is 0.639. The van der Waals surface area contributed by atoms with Crippen molar-refractivity contribution in [3.63, 3.8) is 0 Å². The van der Waals surface area contributed by atoms with Gasteiger partial charge in [0, 0.05) is 12.8 Å². The highest BCUT2D eigenvalue weighted by atomic mass is 15.6. The van der Waals surface area contributed by atoms with E-state index in [1.807, 2.05) is 0 Å². The van der Waals surface area contributed by atoms with Gasteiger partial charge in [0.05, 0.1) is 13.1 Å². The number of hydrogen-bond donors (Lipinski definition) is 0. The number of hydrogen-bond acceptors (Lipinski definition) is 0. The van der Waals surface area contributed by atoms with Gasteiger partial charge in [-0.1, -0.05) is 27.7 Å². The zero-order valence-electron chi connectivity index (χ0n) is 13.2. The first kappa shape index (κ1) is 14.3. The van der Waals surface area contributed by atoms with E-state index in [1.54, 1.807) is 0 Å². The molecule has 0 aliphatic carbocycles. The Morgan fingerprint density at radius 3 is 1.78 bits per heavy atom. The molecule has 3 saturated heterocycles. The monoisotopic (exact) mass is 254 g/mol. The Morgan fingerprint density at radius 1 is 0.778 bits per heavy atom. The van der Waals surface area contributed by atoms with E-state index in [1.165, 1.54) is 80.5 Å². The first-order valence-corrected chi connectivity index (χ1v) is 8.33. The molecule has 18 heavy (non-hydrogen) atoms. The summed E-state index contributed by atoms with van der Waals surface area (Å²) in [5.41, 5.74) is 0.599. The van der Waals surface area contributed by atoms with Gasteiger partial charge in [-0.05, 0) is 12.8 Å². The molecule has 3 heterocycles. The van der Waals surface area contributed by atoms with Gasteiger partial charge >= 0.3 is 0 Å². The van der Waals surface area contributed by atoms with Gasteiger partial charge in [0.25, 0.3) is 0 Å². The van der Waals surface area contributed by atoms with E-state index in [9.17, 15) is 0 Å². The van der Waals surface area contributed by atoms with Crippen molar-refractivity contribution in [1.29, 1.82) is 0 Å². The van der Waals surface area contributed by atoms with Crippen LogP contribution in [-0.2, 0) is 0 Å². The number of nitrogens with zero attached hydrogens (tertiary/aromatic N) is 2. The lowest BCUT2D eigenvalue weighted by atomic mass is 9.80. The summed E-state index contributed by atoms with van der Waals surface area (Å²) in [5, 5.41) is 0. The zero-order chi connectivity index (χ0) is 13.3. The van der Waals surface area contributed by atoms with Crippen LogP contribution >= 0.6 is 0 Å². The minimum absolute atomic E-state index is 0.599. The molecule has 0 N–H and O–H groups in total. The molecular formula is C16H34N2+2. The number of fused-ring (bicyclic) bond motifs is 3. The van der Waals surface area contributed by atoms with Crippen molar-refractivity contribution in [2.75, 3.05) is 45.8 Å². The normalized spacial score (nSPS) is 38.0. The van der Waals surface area contributed by atoms with Crippen molar-refractivity contribution >= 4 is 0 Å². The van der Waals surface area contributed by atoms with Crippen molar-refractivity contribution < 1.29 is 8.97 Å². The fourth-order valence-corrected chi connectivity index (χ4v) is 5.25. The molecule has 3 rings (SSSR count). The van der Waals surface area contributed by atoms with Crippen LogP contribution < -0.4 is 0 Å². The molecular weight excluding hydrogens is 220 g/mol. The fraction of sp³-hybridized carbons (Fsp3) is 1.00. The maximum absolute atomic E-state index is 2.45. The highest BCUT2D eigenvalue weighted by Gasteiger charge is 2.61. The maximum Gasteiger partial charge on any atom is 0.148 e. The molecule has 0 aromatic heterocycles. The van der Waals surface area contributed by atoms with Gasteiger partial charge in [-0.3, -0.25) is 0 Å². The van der Waals surface area contributed by atoms with Gasteiger partial charge in [0.2, 0.25) is 0 Å². The highest BCUT2D eigenvalue weighted by Crippen LogP contribution is 2.43. The molecule has 0 aromatic carbocycles. The van der Waals surface area contributed by atoms with Gasteiger partial charge in [-0.25, -0.2) is 0 Å². The molecule has 3 aliphatic heterocycles. The van der Waals surface area contributed by atoms with Crippen LogP contribution in [0.1, 0.15) is 53.4 Å². The summed E-state index contributed by atoms with van der Waals surface area (Å²) in [6.45, 7) is 19.8. The van der Waals surface area contributed by atoms with Crippen molar-refractivity contribution in [1.82, 2.24) is 0 Å². The smallest absolute Gasteiger partial charge is 0.148 e. The third kappa shape index (κ3) is 1.92. The van der Waals surface area contributed by atoms with Gasteiger partial charge in [-0.2, -0.15) is 0 Å². The molecule has 0 radical (unpaired) electrons. The van der Waals surface area contributed by atoms with Gasteiger partial charge in [0.1, 0.15) is 38.3 Å². The number of piperazine rings is 3. The third-order valence-electron chi connectivity index (χ3n) is 6.31. The minimum atomic E-state index is 0.599. The third-order valence-corrected chi connectivity index (χ3v) is 6.31. The predicted molar refractivity (Wildman–Crippen MR) is 78.5 cm³/mol. The largest absolute Gasteiger partial charge is 0.309 e. The van der Waals surface area contributed by atoms with Gasteiger partial charge in [-0.15, -0.1) is 0 Å². The Balaban J connectivity index is 2.29. The lowest BCUT2D eigenvalue weighted by Crippen LogP contribution is -2.84. The fourth-order valence-electron chi connectivity index (χ4n) is 5.25. The second-order valence-electron chi connectivity index (χ2n) is 6.92. The predicted octanol–water partition coefficient (Wildman–Crippen LogP) is 3.03. The zero-order valence-corrected chi connectivity index (χ0v) is 13.2. The average molecular weight is 254 g/mol. The Hall–Kier alpha value is -0.0800. The van der Waals surface area contributed by atoms with Crippen LogP contribution in [0.5, 0.6) is 0 Å². The van der Waals surface area contributed by atoms with E-state index in [0.29, 0.717) is 5.54 Å². The summed E-state index contributed by atoms with van der Waals surface area (Å²) < 4.78 is 2.90. The molecule has 2 heteroatoms. The number of rotatable bonds is 6. The molecule has 0 atom stereocenters. The van der Waals surface area contributed by atoms with Crippen LogP contribution in [0, 0.1) is 0 Å². The van der Waals surface area contributed by atoms with E-state index in [-0.39, 0.29) is 0 Å². The van der Waals surface area contributed by atoms with E-state index in [2.05, 4.69) is 27.7 Å². The van der Waals surface area contributed by atoms with Crippen molar-refractivity contribution in [2.24, 2.45) is 0 Å². The topological polar surface area (TPSA) is 0 Å². The number of quaternary nitrogens is 2. The summed E-state index contributed by atoms with van der Waals surface area (Å²) in [6.07, 6.45) is 5.48. The summed E-state index contributed by atoms with van der Waals surface area (Å²) in [4.78, 5) is 0. The van der Waals surface area contributed by atoms with Crippen LogP contribution in [0.4, 0.5) is 0 Å². The van der Waals surface area contributed by atoms with E-state index in [0.717, 1.165) is 0 Å². The lowest BCUT2D eigenvalue weighted by molar-refractivity contribution is -1.11. The van der Waals surface area contributed by atoms with E-state index >= 15 is 0 Å².